The minimum atomic E-state index is -0.356. The first-order chi connectivity index (χ1) is 6.17. The van der Waals surface area contributed by atoms with Crippen LogP contribution in [0.5, 0.6) is 0 Å². The lowest BCUT2D eigenvalue weighted by atomic mass is 10.00. The maximum absolute atomic E-state index is 12.9. The van der Waals surface area contributed by atoms with Crippen molar-refractivity contribution < 1.29 is 9.50 Å². The van der Waals surface area contributed by atoms with Crippen molar-refractivity contribution in [3.8, 4) is 12.3 Å². The molecule has 1 atom stereocenters. The predicted molar refractivity (Wildman–Crippen MR) is 49.8 cm³/mol. The van der Waals surface area contributed by atoms with Crippen molar-refractivity contribution >= 4 is 0 Å². The van der Waals surface area contributed by atoms with Crippen LogP contribution in [0.3, 0.4) is 0 Å². The highest BCUT2D eigenvalue weighted by Gasteiger charge is 2.06. The van der Waals surface area contributed by atoms with E-state index >= 15 is 0 Å². The number of halogens is 1. The van der Waals surface area contributed by atoms with E-state index in [-0.39, 0.29) is 18.3 Å². The molecule has 0 aromatic heterocycles. The summed E-state index contributed by atoms with van der Waals surface area (Å²) in [6.07, 6.45) is 5.15. The minimum Gasteiger partial charge on any atom is -0.396 e. The quantitative estimate of drug-likeness (QED) is 0.686. The Morgan fingerprint density at radius 3 is 2.77 bits per heavy atom. The van der Waals surface area contributed by atoms with Crippen molar-refractivity contribution in [2.75, 3.05) is 6.61 Å². The number of aliphatic hydroxyl groups excluding tert-OH is 1. The second-order valence-corrected chi connectivity index (χ2v) is 3.00. The molecule has 1 aromatic rings. The van der Waals surface area contributed by atoms with Crippen LogP contribution in [-0.4, -0.2) is 11.7 Å². The van der Waals surface area contributed by atoms with E-state index in [4.69, 9.17) is 11.5 Å². The molecule has 0 fully saturated rings. The molecule has 0 aliphatic carbocycles. The molecule has 1 nitrogen and oxygen atoms in total. The molecular weight excluding hydrogens is 167 g/mol. The van der Waals surface area contributed by atoms with Crippen LogP contribution in [0.25, 0.3) is 0 Å². The molecule has 1 rings (SSSR count). The van der Waals surface area contributed by atoms with E-state index in [1.165, 1.54) is 12.1 Å². The molecule has 13 heavy (non-hydrogen) atoms. The number of hydrogen-bond acceptors (Lipinski definition) is 1. The van der Waals surface area contributed by atoms with E-state index in [9.17, 15) is 4.39 Å². The highest BCUT2D eigenvalue weighted by molar-refractivity contribution is 5.37. The van der Waals surface area contributed by atoms with Gasteiger partial charge in [-0.15, -0.1) is 6.42 Å². The Morgan fingerprint density at radius 2 is 2.23 bits per heavy atom. The zero-order valence-corrected chi connectivity index (χ0v) is 7.42. The molecule has 0 radical (unpaired) electrons. The maximum Gasteiger partial charge on any atom is 0.124 e. The Bertz CT molecular complexity index is 338. The average Bonchev–Trinajstić information content (AvgIpc) is 2.15. The standard InChI is InChI=1S/C11H11FO/c1-3-9-4-10(8(2)7-13)6-11(12)5-9/h1,4-6,8,13H,7H2,2H3. The molecule has 1 N–H and O–H groups in total. The highest BCUT2D eigenvalue weighted by Crippen LogP contribution is 2.17. The molecule has 0 aliphatic rings. The molecule has 0 aliphatic heterocycles. The van der Waals surface area contributed by atoms with Crippen LogP contribution in [0.4, 0.5) is 4.39 Å². The molecule has 0 amide bonds. The van der Waals surface area contributed by atoms with Gasteiger partial charge in [-0.05, 0) is 23.8 Å². The molecule has 0 saturated carbocycles. The molecule has 2 heteroatoms. The minimum absolute atomic E-state index is 0.00648. The number of terminal acetylenes is 1. The van der Waals surface area contributed by atoms with Gasteiger partial charge in [-0.25, -0.2) is 4.39 Å². The van der Waals surface area contributed by atoms with Gasteiger partial charge in [0.15, 0.2) is 0 Å². The van der Waals surface area contributed by atoms with E-state index in [0.29, 0.717) is 5.56 Å². The zero-order chi connectivity index (χ0) is 9.84. The Hall–Kier alpha value is -1.33. The summed E-state index contributed by atoms with van der Waals surface area (Å²) < 4.78 is 12.9. The van der Waals surface area contributed by atoms with Crippen LogP contribution >= 0.6 is 0 Å². The summed E-state index contributed by atoms with van der Waals surface area (Å²) in [5, 5.41) is 8.87. The lowest BCUT2D eigenvalue weighted by Gasteiger charge is -2.08. The topological polar surface area (TPSA) is 20.2 Å². The first-order valence-electron chi connectivity index (χ1n) is 4.05. The van der Waals surface area contributed by atoms with Gasteiger partial charge < -0.3 is 5.11 Å². The summed E-state index contributed by atoms with van der Waals surface area (Å²) in [5.74, 6) is 1.93. The second-order valence-electron chi connectivity index (χ2n) is 3.00. The third kappa shape index (κ3) is 2.30. The van der Waals surface area contributed by atoms with Crippen molar-refractivity contribution in [2.24, 2.45) is 0 Å². The summed E-state index contributed by atoms with van der Waals surface area (Å²) in [5.41, 5.74) is 1.24. The molecular formula is C11H11FO. The number of benzene rings is 1. The SMILES string of the molecule is C#Cc1cc(F)cc(C(C)CO)c1. The monoisotopic (exact) mass is 178 g/mol. The number of hydrogen-bond donors (Lipinski definition) is 1. The van der Waals surface area contributed by atoms with Gasteiger partial charge in [-0.2, -0.15) is 0 Å². The Morgan fingerprint density at radius 1 is 1.54 bits per heavy atom. The lowest BCUT2D eigenvalue weighted by Crippen LogP contribution is -1.99. The molecule has 1 unspecified atom stereocenters. The van der Waals surface area contributed by atoms with Crippen LogP contribution in [0.2, 0.25) is 0 Å². The molecule has 0 spiro atoms. The summed E-state index contributed by atoms with van der Waals surface area (Å²) in [7, 11) is 0. The largest absolute Gasteiger partial charge is 0.396 e. The molecule has 0 saturated heterocycles. The first kappa shape index (κ1) is 9.76. The Labute approximate surface area is 77.2 Å². The van der Waals surface area contributed by atoms with Crippen molar-refractivity contribution in [2.45, 2.75) is 12.8 Å². The third-order valence-corrected chi connectivity index (χ3v) is 1.93. The first-order valence-corrected chi connectivity index (χ1v) is 4.05. The van der Waals surface area contributed by atoms with Crippen molar-refractivity contribution in [3.05, 3.63) is 35.1 Å². The lowest BCUT2D eigenvalue weighted by molar-refractivity contribution is 0.273. The summed E-state index contributed by atoms with van der Waals surface area (Å²) >= 11 is 0. The van der Waals surface area contributed by atoms with E-state index < -0.39 is 0 Å². The normalized spacial score (nSPS) is 12.2. The number of aliphatic hydroxyl groups is 1. The Balaban J connectivity index is 3.10. The van der Waals surface area contributed by atoms with E-state index in [0.717, 1.165) is 5.56 Å². The van der Waals surface area contributed by atoms with Gasteiger partial charge in [0, 0.05) is 18.1 Å². The van der Waals surface area contributed by atoms with E-state index in [2.05, 4.69) is 5.92 Å². The fraction of sp³-hybridized carbons (Fsp3) is 0.273. The smallest absolute Gasteiger partial charge is 0.124 e. The Kier molecular flexibility index (Phi) is 3.05. The van der Waals surface area contributed by atoms with Crippen LogP contribution < -0.4 is 0 Å². The maximum atomic E-state index is 12.9. The van der Waals surface area contributed by atoms with Crippen molar-refractivity contribution in [1.29, 1.82) is 0 Å². The van der Waals surface area contributed by atoms with Gasteiger partial charge in [0.25, 0.3) is 0 Å². The third-order valence-electron chi connectivity index (χ3n) is 1.93. The number of rotatable bonds is 2. The summed E-state index contributed by atoms with van der Waals surface area (Å²) in [6, 6.07) is 4.40. The van der Waals surface area contributed by atoms with Crippen LogP contribution in [0, 0.1) is 18.2 Å². The molecule has 68 valence electrons. The fourth-order valence-electron chi connectivity index (χ4n) is 1.09. The van der Waals surface area contributed by atoms with E-state index in [1.54, 1.807) is 6.07 Å². The second kappa shape index (κ2) is 4.06. The average molecular weight is 178 g/mol. The van der Waals surface area contributed by atoms with Crippen LogP contribution in [-0.2, 0) is 0 Å². The van der Waals surface area contributed by atoms with Crippen molar-refractivity contribution in [3.63, 3.8) is 0 Å². The van der Waals surface area contributed by atoms with Gasteiger partial charge >= 0.3 is 0 Å². The van der Waals surface area contributed by atoms with Crippen molar-refractivity contribution in [1.82, 2.24) is 0 Å². The summed E-state index contributed by atoms with van der Waals surface area (Å²) in [4.78, 5) is 0. The van der Waals surface area contributed by atoms with Gasteiger partial charge in [0.1, 0.15) is 5.82 Å². The van der Waals surface area contributed by atoms with Gasteiger partial charge in [-0.3, -0.25) is 0 Å². The highest BCUT2D eigenvalue weighted by atomic mass is 19.1. The van der Waals surface area contributed by atoms with Gasteiger partial charge in [0.05, 0.1) is 0 Å². The molecule has 0 bridgehead atoms. The van der Waals surface area contributed by atoms with Gasteiger partial charge in [0.2, 0.25) is 0 Å². The predicted octanol–water partition coefficient (Wildman–Crippen LogP) is 1.90. The van der Waals surface area contributed by atoms with E-state index in [1.807, 2.05) is 6.92 Å². The molecule has 1 aromatic carbocycles. The fourth-order valence-corrected chi connectivity index (χ4v) is 1.09. The van der Waals surface area contributed by atoms with Crippen LogP contribution in [0.15, 0.2) is 18.2 Å². The van der Waals surface area contributed by atoms with Gasteiger partial charge in [-0.1, -0.05) is 12.8 Å². The molecule has 0 heterocycles. The zero-order valence-electron chi connectivity index (χ0n) is 7.42. The van der Waals surface area contributed by atoms with Crippen LogP contribution in [0.1, 0.15) is 24.0 Å². The summed E-state index contributed by atoms with van der Waals surface area (Å²) in [6.45, 7) is 1.81.